The van der Waals surface area contributed by atoms with Crippen LogP contribution in [0.4, 0.5) is 0 Å². The summed E-state index contributed by atoms with van der Waals surface area (Å²) in [5, 5.41) is 6.39. The predicted octanol–water partition coefficient (Wildman–Crippen LogP) is -0.249. The van der Waals surface area contributed by atoms with Gasteiger partial charge in [-0.25, -0.2) is 0 Å². The quantitative estimate of drug-likeness (QED) is 0.637. The second-order valence-corrected chi connectivity index (χ2v) is 5.11. The van der Waals surface area contributed by atoms with E-state index in [-0.39, 0.29) is 11.9 Å². The maximum Gasteiger partial charge on any atom is 0.221 e. The molecule has 1 aliphatic carbocycles. The summed E-state index contributed by atoms with van der Waals surface area (Å²) in [6.45, 7) is 2.23. The van der Waals surface area contributed by atoms with Crippen molar-refractivity contribution in [3.05, 3.63) is 0 Å². The molecule has 1 heterocycles. The van der Waals surface area contributed by atoms with E-state index < -0.39 is 0 Å². The largest absolute Gasteiger partial charge is 0.378 e. The molecule has 98 valence electrons. The number of hydrogen-bond acceptors (Lipinski definition) is 4. The Morgan fingerprint density at radius 1 is 1.35 bits per heavy atom. The zero-order valence-corrected chi connectivity index (χ0v) is 10.3. The maximum atomic E-state index is 11.8. The number of morpholine rings is 1. The number of amides is 1. The van der Waals surface area contributed by atoms with Gasteiger partial charge in [-0.05, 0) is 25.7 Å². The molecule has 4 N–H and O–H groups in total. The van der Waals surface area contributed by atoms with E-state index >= 15 is 0 Å². The van der Waals surface area contributed by atoms with Crippen LogP contribution in [0, 0.1) is 0 Å². The van der Waals surface area contributed by atoms with Crippen molar-refractivity contribution in [2.45, 2.75) is 50.2 Å². The molecular formula is C12H23N3O2. The summed E-state index contributed by atoms with van der Waals surface area (Å²) < 4.78 is 5.33. The number of nitrogens with two attached hydrogens (primary N) is 1. The van der Waals surface area contributed by atoms with Crippen molar-refractivity contribution in [1.82, 2.24) is 10.6 Å². The van der Waals surface area contributed by atoms with E-state index in [4.69, 9.17) is 10.5 Å². The molecule has 1 atom stereocenters. The molecule has 1 amide bonds. The Balaban J connectivity index is 1.66. The highest BCUT2D eigenvalue weighted by Gasteiger charge is 2.22. The number of nitrogens with one attached hydrogen (secondary N) is 2. The molecule has 0 radical (unpaired) electrons. The fourth-order valence-corrected chi connectivity index (χ4v) is 2.52. The first-order valence-corrected chi connectivity index (χ1v) is 6.60. The van der Waals surface area contributed by atoms with Gasteiger partial charge in [-0.2, -0.15) is 0 Å². The predicted molar refractivity (Wildman–Crippen MR) is 65.6 cm³/mol. The summed E-state index contributed by atoms with van der Waals surface area (Å²) in [5.74, 6) is 0.133. The van der Waals surface area contributed by atoms with Crippen LogP contribution in [-0.4, -0.2) is 43.8 Å². The van der Waals surface area contributed by atoms with Gasteiger partial charge in [0, 0.05) is 31.1 Å². The third kappa shape index (κ3) is 4.26. The Hall–Kier alpha value is -0.650. The average Bonchev–Trinajstić information content (AvgIpc) is 2.33. The van der Waals surface area contributed by atoms with Crippen LogP contribution in [0.15, 0.2) is 0 Å². The van der Waals surface area contributed by atoms with E-state index in [9.17, 15) is 4.79 Å². The van der Waals surface area contributed by atoms with Gasteiger partial charge in [0.2, 0.25) is 5.91 Å². The van der Waals surface area contributed by atoms with Crippen molar-refractivity contribution in [3.63, 3.8) is 0 Å². The fraction of sp³-hybridized carbons (Fsp3) is 0.917. The molecule has 0 spiro atoms. The Labute approximate surface area is 102 Å². The molecule has 2 fully saturated rings. The standard InChI is InChI=1S/C12H23N3O2/c13-9-1-3-10(4-2-9)15-12(16)7-11-8-17-6-5-14-11/h9-11,14H,1-8,13H2,(H,15,16). The Morgan fingerprint density at radius 2 is 2.12 bits per heavy atom. The van der Waals surface area contributed by atoms with Crippen molar-refractivity contribution < 1.29 is 9.53 Å². The highest BCUT2D eigenvalue weighted by molar-refractivity contribution is 5.76. The zero-order chi connectivity index (χ0) is 12.1. The summed E-state index contributed by atoms with van der Waals surface area (Å²) >= 11 is 0. The van der Waals surface area contributed by atoms with Crippen LogP contribution in [0.1, 0.15) is 32.1 Å². The molecule has 0 bridgehead atoms. The lowest BCUT2D eigenvalue weighted by Gasteiger charge is -2.28. The Bertz CT molecular complexity index is 246. The third-order valence-electron chi connectivity index (χ3n) is 3.57. The van der Waals surface area contributed by atoms with Crippen LogP contribution in [0.5, 0.6) is 0 Å². The van der Waals surface area contributed by atoms with Crippen molar-refractivity contribution in [2.24, 2.45) is 5.73 Å². The van der Waals surface area contributed by atoms with Gasteiger partial charge in [0.15, 0.2) is 0 Å². The van der Waals surface area contributed by atoms with Crippen molar-refractivity contribution in [3.8, 4) is 0 Å². The minimum absolute atomic E-state index is 0.133. The van der Waals surface area contributed by atoms with E-state index in [1.54, 1.807) is 0 Å². The first kappa shape index (κ1) is 12.8. The average molecular weight is 241 g/mol. The van der Waals surface area contributed by atoms with Gasteiger partial charge in [-0.1, -0.05) is 0 Å². The molecule has 5 nitrogen and oxygen atoms in total. The minimum Gasteiger partial charge on any atom is -0.378 e. The monoisotopic (exact) mass is 241 g/mol. The first-order chi connectivity index (χ1) is 8.24. The maximum absolute atomic E-state index is 11.8. The fourth-order valence-electron chi connectivity index (χ4n) is 2.52. The SMILES string of the molecule is NC1CCC(NC(=O)CC2COCCN2)CC1. The number of hydrogen-bond donors (Lipinski definition) is 3. The molecule has 2 aliphatic rings. The van der Waals surface area contributed by atoms with Crippen molar-refractivity contribution in [1.29, 1.82) is 0 Å². The van der Waals surface area contributed by atoms with Crippen molar-refractivity contribution >= 4 is 5.91 Å². The van der Waals surface area contributed by atoms with Crippen molar-refractivity contribution in [2.75, 3.05) is 19.8 Å². The number of carbonyl (C=O) groups excluding carboxylic acids is 1. The number of carbonyl (C=O) groups is 1. The van der Waals surface area contributed by atoms with Gasteiger partial charge in [0.25, 0.3) is 0 Å². The molecule has 1 saturated heterocycles. The van der Waals surface area contributed by atoms with E-state index in [1.165, 1.54) is 0 Å². The molecule has 1 saturated carbocycles. The van der Waals surface area contributed by atoms with Crippen LogP contribution in [0.25, 0.3) is 0 Å². The second kappa shape index (κ2) is 6.33. The normalized spacial score (nSPS) is 34.3. The zero-order valence-electron chi connectivity index (χ0n) is 10.3. The van der Waals surface area contributed by atoms with E-state index in [2.05, 4.69) is 10.6 Å². The number of ether oxygens (including phenoxy) is 1. The first-order valence-electron chi connectivity index (χ1n) is 6.60. The summed E-state index contributed by atoms with van der Waals surface area (Å²) in [5.41, 5.74) is 5.84. The molecule has 17 heavy (non-hydrogen) atoms. The summed E-state index contributed by atoms with van der Waals surface area (Å²) in [6.07, 6.45) is 4.59. The van der Waals surface area contributed by atoms with E-state index in [0.29, 0.717) is 25.1 Å². The Kier molecular flexibility index (Phi) is 4.76. The molecule has 0 aromatic carbocycles. The third-order valence-corrected chi connectivity index (χ3v) is 3.57. The van der Waals surface area contributed by atoms with Gasteiger partial charge in [0.1, 0.15) is 0 Å². The summed E-state index contributed by atoms with van der Waals surface area (Å²) in [6, 6.07) is 0.831. The van der Waals surface area contributed by atoms with Gasteiger partial charge in [0.05, 0.1) is 13.2 Å². The second-order valence-electron chi connectivity index (χ2n) is 5.11. The molecule has 2 rings (SSSR count). The molecule has 0 aromatic heterocycles. The lowest BCUT2D eigenvalue weighted by atomic mass is 9.91. The van der Waals surface area contributed by atoms with Gasteiger partial charge in [-0.15, -0.1) is 0 Å². The topological polar surface area (TPSA) is 76.4 Å². The molecule has 5 heteroatoms. The van der Waals surface area contributed by atoms with Crippen LogP contribution in [-0.2, 0) is 9.53 Å². The van der Waals surface area contributed by atoms with E-state index in [0.717, 1.165) is 38.8 Å². The van der Waals surface area contributed by atoms with Crippen LogP contribution < -0.4 is 16.4 Å². The summed E-state index contributed by atoms with van der Waals surface area (Å²) in [7, 11) is 0. The molecule has 1 aliphatic heterocycles. The minimum atomic E-state index is 0.133. The molecular weight excluding hydrogens is 218 g/mol. The smallest absolute Gasteiger partial charge is 0.221 e. The van der Waals surface area contributed by atoms with Gasteiger partial charge >= 0.3 is 0 Å². The lowest BCUT2D eigenvalue weighted by Crippen LogP contribution is -2.46. The van der Waals surface area contributed by atoms with E-state index in [1.807, 2.05) is 0 Å². The highest BCUT2D eigenvalue weighted by Crippen LogP contribution is 2.17. The summed E-state index contributed by atoms with van der Waals surface area (Å²) in [4.78, 5) is 11.8. The number of rotatable bonds is 3. The van der Waals surface area contributed by atoms with Gasteiger partial charge in [-0.3, -0.25) is 4.79 Å². The lowest BCUT2D eigenvalue weighted by molar-refractivity contribution is -0.123. The molecule has 1 unspecified atom stereocenters. The van der Waals surface area contributed by atoms with Crippen LogP contribution in [0.3, 0.4) is 0 Å². The highest BCUT2D eigenvalue weighted by atomic mass is 16.5. The Morgan fingerprint density at radius 3 is 2.76 bits per heavy atom. The van der Waals surface area contributed by atoms with Crippen LogP contribution in [0.2, 0.25) is 0 Å². The molecule has 0 aromatic rings. The van der Waals surface area contributed by atoms with Crippen LogP contribution >= 0.6 is 0 Å². The van der Waals surface area contributed by atoms with Gasteiger partial charge < -0.3 is 21.1 Å².